The van der Waals surface area contributed by atoms with Gasteiger partial charge >= 0.3 is 5.97 Å². The minimum absolute atomic E-state index is 0.0758. The zero-order valence-corrected chi connectivity index (χ0v) is 11.8. The molecule has 4 N–H and O–H groups in total. The van der Waals surface area contributed by atoms with Crippen molar-refractivity contribution in [1.29, 1.82) is 0 Å². The van der Waals surface area contributed by atoms with Crippen molar-refractivity contribution in [3.63, 3.8) is 0 Å². The van der Waals surface area contributed by atoms with E-state index in [9.17, 15) is 14.4 Å². The number of amides is 2. The first-order valence-corrected chi connectivity index (χ1v) is 6.45. The van der Waals surface area contributed by atoms with E-state index in [4.69, 9.17) is 27.2 Å². The van der Waals surface area contributed by atoms with E-state index in [2.05, 4.69) is 5.32 Å². The Morgan fingerprint density at radius 2 is 2.10 bits per heavy atom. The van der Waals surface area contributed by atoms with Crippen molar-refractivity contribution >= 4 is 29.4 Å². The van der Waals surface area contributed by atoms with E-state index in [1.54, 1.807) is 18.2 Å². The SMILES string of the molecule is NC(=O)CC[C@H](NC(=O)COc1cccc(Cl)c1)C(=O)O. The Labute approximate surface area is 126 Å². The molecule has 114 valence electrons. The molecular weight excluding hydrogens is 300 g/mol. The van der Waals surface area contributed by atoms with Gasteiger partial charge in [-0.15, -0.1) is 0 Å². The van der Waals surface area contributed by atoms with E-state index in [-0.39, 0.29) is 19.4 Å². The first-order valence-electron chi connectivity index (χ1n) is 6.07. The van der Waals surface area contributed by atoms with Crippen molar-refractivity contribution in [2.45, 2.75) is 18.9 Å². The molecule has 21 heavy (non-hydrogen) atoms. The minimum Gasteiger partial charge on any atom is -0.484 e. The number of carboxylic acid groups (broad SMARTS) is 1. The van der Waals surface area contributed by atoms with Crippen LogP contribution in [0.1, 0.15) is 12.8 Å². The van der Waals surface area contributed by atoms with Gasteiger partial charge in [0.1, 0.15) is 11.8 Å². The molecule has 0 radical (unpaired) electrons. The lowest BCUT2D eigenvalue weighted by Gasteiger charge is -2.14. The molecule has 1 atom stereocenters. The van der Waals surface area contributed by atoms with E-state index in [0.717, 1.165) is 0 Å². The average molecular weight is 315 g/mol. The normalized spacial score (nSPS) is 11.5. The van der Waals surface area contributed by atoms with E-state index in [1.165, 1.54) is 6.07 Å². The number of carboxylic acids is 1. The second-order valence-electron chi connectivity index (χ2n) is 4.21. The standard InChI is InChI=1S/C13H15ClN2O5/c14-8-2-1-3-9(6-8)21-7-12(18)16-10(13(19)20)4-5-11(15)17/h1-3,6,10H,4-5,7H2,(H2,15,17)(H,16,18)(H,19,20)/t10-/m0/s1. The molecule has 0 saturated heterocycles. The quantitative estimate of drug-likeness (QED) is 0.647. The average Bonchev–Trinajstić information content (AvgIpc) is 2.40. The zero-order chi connectivity index (χ0) is 15.8. The Bertz CT molecular complexity index is 535. The topological polar surface area (TPSA) is 119 Å². The van der Waals surface area contributed by atoms with Crippen LogP contribution in [-0.4, -0.2) is 35.5 Å². The van der Waals surface area contributed by atoms with E-state index >= 15 is 0 Å². The Kier molecular flexibility index (Phi) is 6.48. The maximum absolute atomic E-state index is 11.6. The van der Waals surface area contributed by atoms with Crippen LogP contribution in [0.25, 0.3) is 0 Å². The molecule has 0 saturated carbocycles. The molecule has 1 rings (SSSR count). The summed E-state index contributed by atoms with van der Waals surface area (Å²) in [5.41, 5.74) is 4.94. The van der Waals surface area contributed by atoms with Crippen molar-refractivity contribution in [1.82, 2.24) is 5.32 Å². The molecule has 0 bridgehead atoms. The van der Waals surface area contributed by atoms with Gasteiger partial charge in [-0.05, 0) is 24.6 Å². The molecule has 0 aliphatic rings. The van der Waals surface area contributed by atoms with Gasteiger partial charge in [-0.1, -0.05) is 17.7 Å². The largest absolute Gasteiger partial charge is 0.484 e. The highest BCUT2D eigenvalue weighted by Gasteiger charge is 2.20. The van der Waals surface area contributed by atoms with E-state index < -0.39 is 23.8 Å². The van der Waals surface area contributed by atoms with Crippen LogP contribution < -0.4 is 15.8 Å². The third kappa shape index (κ3) is 6.62. The number of rotatable bonds is 8. The van der Waals surface area contributed by atoms with Gasteiger partial charge in [0, 0.05) is 11.4 Å². The van der Waals surface area contributed by atoms with Gasteiger partial charge in [0.15, 0.2) is 6.61 Å². The van der Waals surface area contributed by atoms with Crippen molar-refractivity contribution in [2.24, 2.45) is 5.73 Å². The lowest BCUT2D eigenvalue weighted by Crippen LogP contribution is -2.43. The smallest absolute Gasteiger partial charge is 0.326 e. The number of hydrogen-bond acceptors (Lipinski definition) is 4. The summed E-state index contributed by atoms with van der Waals surface area (Å²) in [7, 11) is 0. The highest BCUT2D eigenvalue weighted by Crippen LogP contribution is 2.16. The number of ether oxygens (including phenoxy) is 1. The van der Waals surface area contributed by atoms with Crippen LogP contribution in [0.2, 0.25) is 5.02 Å². The molecule has 0 aromatic heterocycles. The Morgan fingerprint density at radius 1 is 1.38 bits per heavy atom. The number of carbonyl (C=O) groups excluding carboxylic acids is 2. The van der Waals surface area contributed by atoms with Gasteiger partial charge in [-0.25, -0.2) is 4.79 Å². The van der Waals surface area contributed by atoms with Crippen molar-refractivity contribution in [3.8, 4) is 5.75 Å². The number of halogens is 1. The maximum Gasteiger partial charge on any atom is 0.326 e. The van der Waals surface area contributed by atoms with Crippen LogP contribution in [-0.2, 0) is 14.4 Å². The van der Waals surface area contributed by atoms with Gasteiger partial charge in [0.2, 0.25) is 5.91 Å². The van der Waals surface area contributed by atoms with Crippen molar-refractivity contribution in [2.75, 3.05) is 6.61 Å². The predicted molar refractivity (Wildman–Crippen MR) is 74.9 cm³/mol. The maximum atomic E-state index is 11.6. The summed E-state index contributed by atoms with van der Waals surface area (Å²) < 4.78 is 5.17. The van der Waals surface area contributed by atoms with Crippen molar-refractivity contribution in [3.05, 3.63) is 29.3 Å². The van der Waals surface area contributed by atoms with Crippen LogP contribution >= 0.6 is 11.6 Å². The summed E-state index contributed by atoms with van der Waals surface area (Å²) in [4.78, 5) is 33.2. The first kappa shape index (κ1) is 16.8. The molecule has 0 heterocycles. The zero-order valence-electron chi connectivity index (χ0n) is 11.0. The molecular formula is C13H15ClN2O5. The minimum atomic E-state index is -1.24. The number of aliphatic carboxylic acids is 1. The number of nitrogens with one attached hydrogen (secondary N) is 1. The van der Waals surface area contributed by atoms with Crippen LogP contribution in [0.3, 0.4) is 0 Å². The molecule has 0 fully saturated rings. The van der Waals surface area contributed by atoms with Crippen LogP contribution in [0.15, 0.2) is 24.3 Å². The number of hydrogen-bond donors (Lipinski definition) is 3. The molecule has 1 aromatic carbocycles. The van der Waals surface area contributed by atoms with E-state index in [0.29, 0.717) is 10.8 Å². The molecule has 1 aromatic rings. The highest BCUT2D eigenvalue weighted by atomic mass is 35.5. The fraction of sp³-hybridized carbons (Fsp3) is 0.308. The second kappa shape index (κ2) is 8.11. The van der Waals surface area contributed by atoms with Gasteiger partial charge in [0.05, 0.1) is 0 Å². The Morgan fingerprint density at radius 3 is 2.67 bits per heavy atom. The molecule has 0 spiro atoms. The van der Waals surface area contributed by atoms with Crippen molar-refractivity contribution < 1.29 is 24.2 Å². The lowest BCUT2D eigenvalue weighted by molar-refractivity contribution is -0.142. The molecule has 0 aliphatic heterocycles. The molecule has 0 unspecified atom stereocenters. The molecule has 0 aliphatic carbocycles. The third-order valence-electron chi connectivity index (χ3n) is 2.48. The summed E-state index contributed by atoms with van der Waals surface area (Å²) in [6, 6.07) is 5.26. The predicted octanol–water partition coefficient (Wildman–Crippen LogP) is 0.554. The number of primary amides is 1. The summed E-state index contributed by atoms with van der Waals surface area (Å²) in [6.45, 7) is -0.360. The lowest BCUT2D eigenvalue weighted by atomic mass is 10.1. The fourth-order valence-corrected chi connectivity index (χ4v) is 1.67. The highest BCUT2D eigenvalue weighted by molar-refractivity contribution is 6.30. The molecule has 8 heteroatoms. The molecule has 7 nitrogen and oxygen atoms in total. The Balaban J connectivity index is 2.46. The van der Waals surface area contributed by atoms with Gasteiger partial charge in [-0.3, -0.25) is 9.59 Å². The summed E-state index contributed by atoms with van der Waals surface area (Å²) in [6.07, 6.45) is -0.208. The number of benzene rings is 1. The van der Waals surface area contributed by atoms with Crippen LogP contribution in [0.5, 0.6) is 5.75 Å². The summed E-state index contributed by atoms with van der Waals surface area (Å²) in [5.74, 6) is -2.11. The van der Waals surface area contributed by atoms with Gasteiger partial charge in [0.25, 0.3) is 5.91 Å². The second-order valence-corrected chi connectivity index (χ2v) is 4.65. The number of nitrogens with two attached hydrogens (primary N) is 1. The fourth-order valence-electron chi connectivity index (χ4n) is 1.49. The van der Waals surface area contributed by atoms with E-state index in [1.807, 2.05) is 0 Å². The first-order chi connectivity index (χ1) is 9.88. The third-order valence-corrected chi connectivity index (χ3v) is 2.71. The van der Waals surface area contributed by atoms with Gasteiger partial charge in [-0.2, -0.15) is 0 Å². The monoisotopic (exact) mass is 314 g/mol. The number of carbonyl (C=O) groups is 3. The molecule has 2 amide bonds. The van der Waals surface area contributed by atoms with Crippen LogP contribution in [0, 0.1) is 0 Å². The van der Waals surface area contributed by atoms with Crippen LogP contribution in [0.4, 0.5) is 0 Å². The van der Waals surface area contributed by atoms with Gasteiger partial charge < -0.3 is 20.9 Å². The summed E-state index contributed by atoms with van der Waals surface area (Å²) >= 11 is 5.75. The summed E-state index contributed by atoms with van der Waals surface area (Å²) in [5, 5.41) is 11.6. The Hall–Kier alpha value is -2.28.